The summed E-state index contributed by atoms with van der Waals surface area (Å²) >= 11 is 0. The van der Waals surface area contributed by atoms with Gasteiger partial charge < -0.3 is 10.2 Å². The molecule has 1 aliphatic heterocycles. The van der Waals surface area contributed by atoms with Crippen molar-refractivity contribution < 1.29 is 4.79 Å². The summed E-state index contributed by atoms with van der Waals surface area (Å²) in [7, 11) is 3.65. The van der Waals surface area contributed by atoms with Crippen molar-refractivity contribution in [2.24, 2.45) is 5.92 Å². The lowest BCUT2D eigenvalue weighted by Crippen LogP contribution is -2.44. The molecule has 1 saturated heterocycles. The van der Waals surface area contributed by atoms with Gasteiger partial charge in [0.1, 0.15) is 0 Å². The van der Waals surface area contributed by atoms with E-state index in [1.807, 2.05) is 14.1 Å². The number of carbonyl (C=O) groups is 1. The molecular formula is C13H27N3O. The van der Waals surface area contributed by atoms with E-state index in [-0.39, 0.29) is 5.91 Å². The predicted octanol–water partition coefficient (Wildman–Crippen LogP) is 0.785. The highest BCUT2D eigenvalue weighted by Gasteiger charge is 2.21. The number of amides is 1. The van der Waals surface area contributed by atoms with Crippen LogP contribution in [-0.4, -0.2) is 62.0 Å². The minimum atomic E-state index is 0.202. The van der Waals surface area contributed by atoms with Gasteiger partial charge in [0.15, 0.2) is 0 Å². The summed E-state index contributed by atoms with van der Waals surface area (Å²) in [5.74, 6) is 0.946. The van der Waals surface area contributed by atoms with E-state index in [1.165, 1.54) is 12.8 Å². The molecule has 4 nitrogen and oxygen atoms in total. The maximum atomic E-state index is 11.8. The van der Waals surface area contributed by atoms with Crippen molar-refractivity contribution >= 4 is 5.91 Å². The van der Waals surface area contributed by atoms with Gasteiger partial charge in [0, 0.05) is 26.7 Å². The van der Waals surface area contributed by atoms with E-state index in [0.717, 1.165) is 25.6 Å². The second-order valence-corrected chi connectivity index (χ2v) is 5.50. The number of nitrogens with zero attached hydrogens (tertiary/aromatic N) is 2. The standard InChI is InChI=1S/C13H27N3O/c1-11(2)16(10-13(17)15(3)4)9-12-5-7-14-8-6-12/h11-12,14H,5-10H2,1-4H3. The molecule has 0 saturated carbocycles. The summed E-state index contributed by atoms with van der Waals surface area (Å²) < 4.78 is 0. The van der Waals surface area contributed by atoms with Crippen LogP contribution < -0.4 is 5.32 Å². The molecule has 100 valence electrons. The monoisotopic (exact) mass is 241 g/mol. The lowest BCUT2D eigenvalue weighted by Gasteiger charge is -2.32. The number of piperidine rings is 1. The van der Waals surface area contributed by atoms with Gasteiger partial charge in [0.25, 0.3) is 0 Å². The normalized spacial score (nSPS) is 17.8. The van der Waals surface area contributed by atoms with Gasteiger partial charge >= 0.3 is 0 Å². The fourth-order valence-electron chi connectivity index (χ4n) is 2.17. The number of carbonyl (C=O) groups excluding carboxylic acids is 1. The third kappa shape index (κ3) is 5.04. The van der Waals surface area contributed by atoms with Crippen LogP contribution in [0.2, 0.25) is 0 Å². The zero-order valence-electron chi connectivity index (χ0n) is 11.7. The molecule has 0 aromatic heterocycles. The second kappa shape index (κ2) is 6.97. The molecule has 0 unspecified atom stereocenters. The van der Waals surface area contributed by atoms with Crippen molar-refractivity contribution in [2.75, 3.05) is 40.3 Å². The molecule has 0 aliphatic carbocycles. The van der Waals surface area contributed by atoms with Crippen molar-refractivity contribution in [3.05, 3.63) is 0 Å². The average Bonchev–Trinajstić information content (AvgIpc) is 2.29. The Hall–Kier alpha value is -0.610. The van der Waals surface area contributed by atoms with Gasteiger partial charge in [-0.2, -0.15) is 0 Å². The molecule has 0 atom stereocenters. The highest BCUT2D eigenvalue weighted by Crippen LogP contribution is 2.15. The van der Waals surface area contributed by atoms with Crippen LogP contribution in [0.5, 0.6) is 0 Å². The van der Waals surface area contributed by atoms with Crippen LogP contribution in [0.15, 0.2) is 0 Å². The molecule has 0 aromatic rings. The lowest BCUT2D eigenvalue weighted by molar-refractivity contribution is -0.130. The van der Waals surface area contributed by atoms with Crippen LogP contribution >= 0.6 is 0 Å². The second-order valence-electron chi connectivity index (χ2n) is 5.50. The Morgan fingerprint density at radius 1 is 1.29 bits per heavy atom. The van der Waals surface area contributed by atoms with Crippen LogP contribution in [0.1, 0.15) is 26.7 Å². The van der Waals surface area contributed by atoms with Gasteiger partial charge in [-0.05, 0) is 45.7 Å². The molecule has 0 spiro atoms. The first-order valence-corrected chi connectivity index (χ1v) is 6.65. The SMILES string of the molecule is CC(C)N(CC(=O)N(C)C)CC1CCNCC1. The summed E-state index contributed by atoms with van der Waals surface area (Å²) in [5, 5.41) is 3.38. The zero-order valence-corrected chi connectivity index (χ0v) is 11.7. The summed E-state index contributed by atoms with van der Waals surface area (Å²) in [6.07, 6.45) is 2.47. The highest BCUT2D eigenvalue weighted by atomic mass is 16.2. The van der Waals surface area contributed by atoms with Crippen molar-refractivity contribution in [3.63, 3.8) is 0 Å². The van der Waals surface area contributed by atoms with E-state index >= 15 is 0 Å². The molecule has 1 fully saturated rings. The van der Waals surface area contributed by atoms with E-state index in [0.29, 0.717) is 12.6 Å². The van der Waals surface area contributed by atoms with Crippen LogP contribution in [-0.2, 0) is 4.79 Å². The molecule has 4 heteroatoms. The first-order valence-electron chi connectivity index (χ1n) is 6.65. The number of hydrogen-bond donors (Lipinski definition) is 1. The maximum absolute atomic E-state index is 11.8. The van der Waals surface area contributed by atoms with Gasteiger partial charge in [0.2, 0.25) is 5.91 Å². The van der Waals surface area contributed by atoms with Crippen molar-refractivity contribution in [1.82, 2.24) is 15.1 Å². The zero-order chi connectivity index (χ0) is 12.8. The number of rotatable bonds is 5. The Bertz CT molecular complexity index is 235. The molecule has 1 rings (SSSR count). The first-order chi connectivity index (χ1) is 8.00. The van der Waals surface area contributed by atoms with E-state index in [1.54, 1.807) is 4.90 Å². The molecule has 0 aromatic carbocycles. The smallest absolute Gasteiger partial charge is 0.236 e. The largest absolute Gasteiger partial charge is 0.348 e. The predicted molar refractivity (Wildman–Crippen MR) is 71.0 cm³/mol. The Morgan fingerprint density at radius 2 is 1.88 bits per heavy atom. The third-order valence-corrected chi connectivity index (χ3v) is 3.52. The van der Waals surface area contributed by atoms with Crippen LogP contribution in [0, 0.1) is 5.92 Å². The number of nitrogens with one attached hydrogen (secondary N) is 1. The number of hydrogen-bond acceptors (Lipinski definition) is 3. The van der Waals surface area contributed by atoms with E-state index in [4.69, 9.17) is 0 Å². The van der Waals surface area contributed by atoms with Crippen LogP contribution in [0.3, 0.4) is 0 Å². The summed E-state index contributed by atoms with van der Waals surface area (Å²) in [5.41, 5.74) is 0. The van der Waals surface area contributed by atoms with Crippen molar-refractivity contribution in [1.29, 1.82) is 0 Å². The van der Waals surface area contributed by atoms with Gasteiger partial charge in [-0.15, -0.1) is 0 Å². The maximum Gasteiger partial charge on any atom is 0.236 e. The topological polar surface area (TPSA) is 35.6 Å². The fraction of sp³-hybridized carbons (Fsp3) is 0.923. The Morgan fingerprint density at radius 3 is 2.35 bits per heavy atom. The van der Waals surface area contributed by atoms with Crippen LogP contribution in [0.25, 0.3) is 0 Å². The summed E-state index contributed by atoms with van der Waals surface area (Å²) in [6, 6.07) is 0.439. The van der Waals surface area contributed by atoms with Gasteiger partial charge in [-0.1, -0.05) is 0 Å². The molecular weight excluding hydrogens is 214 g/mol. The molecule has 1 heterocycles. The summed E-state index contributed by atoms with van der Waals surface area (Å²) in [6.45, 7) is 8.19. The minimum absolute atomic E-state index is 0.202. The molecule has 1 aliphatic rings. The molecule has 1 N–H and O–H groups in total. The van der Waals surface area contributed by atoms with E-state index in [2.05, 4.69) is 24.1 Å². The Balaban J connectivity index is 2.44. The van der Waals surface area contributed by atoms with Gasteiger partial charge in [-0.25, -0.2) is 0 Å². The number of likely N-dealkylation sites (N-methyl/N-ethyl adjacent to an activating group) is 1. The Labute approximate surface area is 105 Å². The van der Waals surface area contributed by atoms with Crippen molar-refractivity contribution in [2.45, 2.75) is 32.7 Å². The lowest BCUT2D eigenvalue weighted by atomic mass is 9.97. The molecule has 0 radical (unpaired) electrons. The first kappa shape index (κ1) is 14.5. The third-order valence-electron chi connectivity index (χ3n) is 3.52. The average molecular weight is 241 g/mol. The molecule has 17 heavy (non-hydrogen) atoms. The van der Waals surface area contributed by atoms with E-state index in [9.17, 15) is 4.79 Å². The molecule has 0 bridgehead atoms. The van der Waals surface area contributed by atoms with Gasteiger partial charge in [-0.3, -0.25) is 9.69 Å². The summed E-state index contributed by atoms with van der Waals surface area (Å²) in [4.78, 5) is 15.8. The van der Waals surface area contributed by atoms with Crippen molar-refractivity contribution in [3.8, 4) is 0 Å². The molecule has 1 amide bonds. The highest BCUT2D eigenvalue weighted by molar-refractivity contribution is 5.77. The quantitative estimate of drug-likeness (QED) is 0.773. The van der Waals surface area contributed by atoms with Crippen LogP contribution in [0.4, 0.5) is 0 Å². The van der Waals surface area contributed by atoms with E-state index < -0.39 is 0 Å². The minimum Gasteiger partial charge on any atom is -0.348 e. The van der Waals surface area contributed by atoms with Gasteiger partial charge in [0.05, 0.1) is 6.54 Å². The fourth-order valence-corrected chi connectivity index (χ4v) is 2.17. The Kier molecular flexibility index (Phi) is 5.92.